The van der Waals surface area contributed by atoms with E-state index in [9.17, 15) is 9.59 Å². The van der Waals surface area contributed by atoms with Gasteiger partial charge in [0.1, 0.15) is 5.75 Å². The van der Waals surface area contributed by atoms with E-state index in [-0.39, 0.29) is 18.9 Å². The summed E-state index contributed by atoms with van der Waals surface area (Å²) in [5, 5.41) is 11.9. The number of amides is 1. The van der Waals surface area contributed by atoms with Gasteiger partial charge in [0.05, 0.1) is 25.7 Å². The zero-order chi connectivity index (χ0) is 18.1. The van der Waals surface area contributed by atoms with Gasteiger partial charge in [-0.25, -0.2) is 0 Å². The molecule has 1 aromatic rings. The fourth-order valence-corrected chi connectivity index (χ4v) is 3.12. The van der Waals surface area contributed by atoms with Crippen LogP contribution in [0.4, 0.5) is 0 Å². The van der Waals surface area contributed by atoms with Crippen molar-refractivity contribution in [1.29, 1.82) is 0 Å². The lowest BCUT2D eigenvalue weighted by molar-refractivity contribution is -0.139. The third-order valence-electron chi connectivity index (χ3n) is 4.53. The molecule has 25 heavy (non-hydrogen) atoms. The van der Waals surface area contributed by atoms with Crippen LogP contribution < -0.4 is 10.1 Å². The van der Waals surface area contributed by atoms with E-state index in [1.807, 2.05) is 12.1 Å². The maximum atomic E-state index is 12.1. The Kier molecular flexibility index (Phi) is 7.25. The molecule has 1 aliphatic heterocycles. The first kappa shape index (κ1) is 19.2. The van der Waals surface area contributed by atoms with E-state index in [4.69, 9.17) is 14.6 Å². The molecule has 0 saturated carbocycles. The molecule has 1 fully saturated rings. The van der Waals surface area contributed by atoms with E-state index in [0.29, 0.717) is 19.4 Å². The minimum atomic E-state index is -0.912. The Bertz CT molecular complexity index is 564. The number of nitrogens with one attached hydrogen (secondary N) is 1. The topological polar surface area (TPSA) is 84.9 Å². The van der Waals surface area contributed by atoms with E-state index >= 15 is 0 Å². The number of methoxy groups -OCH3 is 1. The highest BCUT2D eigenvalue weighted by Crippen LogP contribution is 2.23. The van der Waals surface area contributed by atoms with E-state index in [2.05, 4.69) is 17.4 Å². The normalized spacial score (nSPS) is 19.6. The third-order valence-corrected chi connectivity index (χ3v) is 4.53. The molecule has 1 aliphatic rings. The predicted molar refractivity (Wildman–Crippen MR) is 93.7 cm³/mol. The summed E-state index contributed by atoms with van der Waals surface area (Å²) in [5.74, 6) is -0.145. The van der Waals surface area contributed by atoms with Gasteiger partial charge in [-0.1, -0.05) is 18.6 Å². The summed E-state index contributed by atoms with van der Waals surface area (Å²) in [6, 6.07) is 8.02. The van der Waals surface area contributed by atoms with Gasteiger partial charge in [0.15, 0.2) is 0 Å². The Morgan fingerprint density at radius 2 is 2.00 bits per heavy atom. The molecule has 6 heteroatoms. The highest BCUT2D eigenvalue weighted by atomic mass is 16.5. The molecule has 0 bridgehead atoms. The first-order valence-electron chi connectivity index (χ1n) is 8.76. The van der Waals surface area contributed by atoms with Crippen molar-refractivity contribution in [2.24, 2.45) is 0 Å². The second-order valence-corrected chi connectivity index (χ2v) is 6.61. The third kappa shape index (κ3) is 6.38. The molecular formula is C19H27NO5. The molecule has 138 valence electrons. The van der Waals surface area contributed by atoms with Crippen molar-refractivity contribution in [3.8, 4) is 5.75 Å². The molecule has 1 amide bonds. The molecular weight excluding hydrogens is 322 g/mol. The number of benzene rings is 1. The van der Waals surface area contributed by atoms with Crippen LogP contribution in [0.2, 0.25) is 0 Å². The van der Waals surface area contributed by atoms with Gasteiger partial charge in [-0.2, -0.15) is 0 Å². The SMILES string of the molecule is COc1ccc(CCCCCC(=O)NC2(CC(=O)O)CCOC2)cc1. The van der Waals surface area contributed by atoms with Gasteiger partial charge in [0, 0.05) is 13.0 Å². The van der Waals surface area contributed by atoms with Crippen LogP contribution in [-0.2, 0) is 20.7 Å². The molecule has 1 heterocycles. The lowest BCUT2D eigenvalue weighted by Crippen LogP contribution is -2.50. The van der Waals surface area contributed by atoms with Crippen LogP contribution in [-0.4, -0.2) is 42.8 Å². The summed E-state index contributed by atoms with van der Waals surface area (Å²) >= 11 is 0. The molecule has 0 radical (unpaired) electrons. The van der Waals surface area contributed by atoms with Gasteiger partial charge in [-0.3, -0.25) is 9.59 Å². The quantitative estimate of drug-likeness (QED) is 0.634. The molecule has 1 unspecified atom stereocenters. The molecule has 1 saturated heterocycles. The first-order chi connectivity index (χ1) is 12.0. The lowest BCUT2D eigenvalue weighted by atomic mass is 9.94. The summed E-state index contributed by atoms with van der Waals surface area (Å²) < 4.78 is 10.4. The molecule has 0 aliphatic carbocycles. The van der Waals surface area contributed by atoms with Crippen molar-refractivity contribution in [1.82, 2.24) is 5.32 Å². The van der Waals surface area contributed by atoms with Crippen LogP contribution in [0.25, 0.3) is 0 Å². The number of rotatable bonds is 10. The number of unbranched alkanes of at least 4 members (excludes halogenated alkanes) is 2. The Labute approximate surface area is 148 Å². The van der Waals surface area contributed by atoms with Gasteiger partial charge in [-0.15, -0.1) is 0 Å². The molecule has 2 rings (SSSR count). The Morgan fingerprint density at radius 1 is 1.24 bits per heavy atom. The van der Waals surface area contributed by atoms with Crippen molar-refractivity contribution in [2.45, 2.75) is 50.5 Å². The summed E-state index contributed by atoms with van der Waals surface area (Å²) in [5.41, 5.74) is 0.528. The predicted octanol–water partition coefficient (Wildman–Crippen LogP) is 2.55. The number of ether oxygens (including phenoxy) is 2. The maximum absolute atomic E-state index is 12.1. The number of hydrogen-bond acceptors (Lipinski definition) is 4. The fraction of sp³-hybridized carbons (Fsp3) is 0.579. The lowest BCUT2D eigenvalue weighted by Gasteiger charge is -2.27. The Balaban J connectivity index is 1.65. The van der Waals surface area contributed by atoms with Gasteiger partial charge >= 0.3 is 5.97 Å². The average Bonchev–Trinajstić information content (AvgIpc) is 3.02. The molecule has 0 aromatic heterocycles. The van der Waals surface area contributed by atoms with Crippen LogP contribution in [0.5, 0.6) is 5.75 Å². The van der Waals surface area contributed by atoms with Crippen molar-refractivity contribution in [3.63, 3.8) is 0 Å². The van der Waals surface area contributed by atoms with E-state index < -0.39 is 11.5 Å². The fourth-order valence-electron chi connectivity index (χ4n) is 3.12. The maximum Gasteiger partial charge on any atom is 0.305 e. The smallest absolute Gasteiger partial charge is 0.305 e. The van der Waals surface area contributed by atoms with Crippen LogP contribution in [0.1, 0.15) is 44.1 Å². The summed E-state index contributed by atoms with van der Waals surface area (Å²) in [6.45, 7) is 0.776. The van der Waals surface area contributed by atoms with Crippen molar-refractivity contribution in [3.05, 3.63) is 29.8 Å². The van der Waals surface area contributed by atoms with Gasteiger partial charge in [0.25, 0.3) is 0 Å². The Morgan fingerprint density at radius 3 is 2.60 bits per heavy atom. The van der Waals surface area contributed by atoms with Crippen LogP contribution in [0.15, 0.2) is 24.3 Å². The minimum absolute atomic E-state index is 0.0869. The number of aliphatic carboxylic acids is 1. The van der Waals surface area contributed by atoms with Crippen molar-refractivity contribution >= 4 is 11.9 Å². The minimum Gasteiger partial charge on any atom is -0.497 e. The molecule has 1 atom stereocenters. The Hall–Kier alpha value is -2.08. The van der Waals surface area contributed by atoms with Crippen LogP contribution in [0, 0.1) is 0 Å². The second-order valence-electron chi connectivity index (χ2n) is 6.61. The summed E-state index contributed by atoms with van der Waals surface area (Å²) in [4.78, 5) is 23.1. The average molecular weight is 349 g/mol. The number of carboxylic acids is 1. The highest BCUT2D eigenvalue weighted by molar-refractivity contribution is 5.78. The van der Waals surface area contributed by atoms with E-state index in [1.54, 1.807) is 7.11 Å². The number of aryl methyl sites for hydroxylation is 1. The van der Waals surface area contributed by atoms with Gasteiger partial charge < -0.3 is 19.9 Å². The van der Waals surface area contributed by atoms with Gasteiger partial charge in [-0.05, 0) is 43.4 Å². The molecule has 0 spiro atoms. The van der Waals surface area contributed by atoms with Crippen molar-refractivity contribution in [2.75, 3.05) is 20.3 Å². The zero-order valence-corrected chi connectivity index (χ0v) is 14.8. The molecule has 6 nitrogen and oxygen atoms in total. The number of hydrogen-bond donors (Lipinski definition) is 2. The van der Waals surface area contributed by atoms with Crippen LogP contribution >= 0.6 is 0 Å². The van der Waals surface area contributed by atoms with E-state index in [1.165, 1.54) is 5.56 Å². The summed E-state index contributed by atoms with van der Waals surface area (Å²) in [6.07, 6.45) is 4.64. The zero-order valence-electron chi connectivity index (χ0n) is 14.8. The van der Waals surface area contributed by atoms with Gasteiger partial charge in [0.2, 0.25) is 5.91 Å². The highest BCUT2D eigenvalue weighted by Gasteiger charge is 2.38. The van der Waals surface area contributed by atoms with Crippen molar-refractivity contribution < 1.29 is 24.2 Å². The standard InChI is InChI=1S/C19H27NO5/c1-24-16-9-7-15(8-10-16)5-3-2-4-6-17(21)20-19(13-18(22)23)11-12-25-14-19/h7-10H,2-6,11-14H2,1H3,(H,20,21)(H,22,23). The number of carbonyl (C=O) groups is 2. The number of carbonyl (C=O) groups excluding carboxylic acids is 1. The molecule has 2 N–H and O–H groups in total. The largest absolute Gasteiger partial charge is 0.497 e. The number of carboxylic acid groups (broad SMARTS) is 1. The van der Waals surface area contributed by atoms with Crippen LogP contribution in [0.3, 0.4) is 0 Å². The summed E-state index contributed by atoms with van der Waals surface area (Å²) in [7, 11) is 1.65. The van der Waals surface area contributed by atoms with E-state index in [0.717, 1.165) is 31.4 Å². The second kappa shape index (κ2) is 9.42. The monoisotopic (exact) mass is 349 g/mol. The first-order valence-corrected chi connectivity index (χ1v) is 8.76. The molecule has 1 aromatic carbocycles.